The van der Waals surface area contributed by atoms with Gasteiger partial charge in [-0.05, 0) is 34.8 Å². The van der Waals surface area contributed by atoms with E-state index in [0.717, 1.165) is 16.7 Å². The molecule has 3 aromatic carbocycles. The summed E-state index contributed by atoms with van der Waals surface area (Å²) in [5.74, 6) is 0.0102. The van der Waals surface area contributed by atoms with E-state index >= 15 is 0 Å². The molecule has 0 spiro atoms. The Hall–Kier alpha value is -2.73. The van der Waals surface area contributed by atoms with E-state index in [0.29, 0.717) is 6.61 Å². The van der Waals surface area contributed by atoms with Crippen molar-refractivity contribution in [3.63, 3.8) is 0 Å². The smallest absolute Gasteiger partial charge is 0.239 e. The molecule has 34 heavy (non-hydrogen) atoms. The van der Waals surface area contributed by atoms with Gasteiger partial charge >= 0.3 is 0 Å². The van der Waals surface area contributed by atoms with Gasteiger partial charge in [-0.1, -0.05) is 112 Å². The van der Waals surface area contributed by atoms with Gasteiger partial charge in [-0.15, -0.1) is 0 Å². The van der Waals surface area contributed by atoms with Crippen molar-refractivity contribution in [3.8, 4) is 0 Å². The fourth-order valence-corrected chi connectivity index (χ4v) is 5.34. The largest absolute Gasteiger partial charge is 0.415 e. The van der Waals surface area contributed by atoms with Gasteiger partial charge in [0.05, 0.1) is 18.2 Å². The zero-order valence-corrected chi connectivity index (χ0v) is 21.8. The van der Waals surface area contributed by atoms with Crippen molar-refractivity contribution in [2.24, 2.45) is 0 Å². The lowest BCUT2D eigenvalue weighted by molar-refractivity contribution is -0.133. The van der Waals surface area contributed by atoms with E-state index in [-0.39, 0.29) is 23.0 Å². The Labute approximate surface area is 204 Å². The quantitative estimate of drug-likeness (QED) is 0.260. The summed E-state index contributed by atoms with van der Waals surface area (Å²) in [6.07, 6.45) is 0. The van der Waals surface area contributed by atoms with E-state index in [1.165, 1.54) is 0 Å². The lowest BCUT2D eigenvalue weighted by atomic mass is 9.75. The maximum Gasteiger partial charge on any atom is 0.239 e. The first kappa shape index (κ1) is 24.4. The third-order valence-electron chi connectivity index (χ3n) is 7.43. The van der Waals surface area contributed by atoms with Crippen LogP contribution in [0.5, 0.6) is 0 Å². The number of benzene rings is 3. The third kappa shape index (κ3) is 4.60. The zero-order chi connectivity index (χ0) is 24.4. The van der Waals surface area contributed by atoms with Crippen LogP contribution in [0.1, 0.15) is 37.5 Å². The molecule has 2 atom stereocenters. The summed E-state index contributed by atoms with van der Waals surface area (Å²) in [6, 6.07) is 30.7. The molecule has 0 aromatic heterocycles. The monoisotopic (exact) mass is 472 g/mol. The molecule has 1 heterocycles. The minimum atomic E-state index is -1.93. The van der Waals surface area contributed by atoms with Crippen LogP contribution in [0.2, 0.25) is 18.1 Å². The number of carbonyl (C=O) groups excluding carboxylic acids is 1. The minimum absolute atomic E-state index is 0.0102. The van der Waals surface area contributed by atoms with Gasteiger partial charge in [0.2, 0.25) is 5.91 Å². The lowest BCUT2D eigenvalue weighted by Crippen LogP contribution is -2.73. The van der Waals surface area contributed by atoms with E-state index in [2.05, 4.69) is 117 Å². The number of rotatable bonds is 8. The standard InChI is InChI=1S/C29H36N2O2Si/c1-28(2,3)34(4,5)33-21-25-26(27(32)30-25)31-29(22-15-9-6-10-16-22,23-17-11-7-12-18-23)24-19-13-8-14-20-24/h6-20,25-26,31H,21H2,1-5H3,(H,30,32)/t25-,26+/m1/s1. The first-order valence-electron chi connectivity index (χ1n) is 12.0. The van der Waals surface area contributed by atoms with Crippen LogP contribution < -0.4 is 10.6 Å². The highest BCUT2D eigenvalue weighted by Gasteiger charge is 2.48. The summed E-state index contributed by atoms with van der Waals surface area (Å²) < 4.78 is 6.49. The van der Waals surface area contributed by atoms with Crippen LogP contribution in [0, 0.1) is 0 Å². The molecule has 1 amide bonds. The maximum atomic E-state index is 12.9. The molecule has 0 bridgehead atoms. The van der Waals surface area contributed by atoms with Gasteiger partial charge in [0, 0.05) is 0 Å². The van der Waals surface area contributed by atoms with Crippen LogP contribution in [0.15, 0.2) is 91.0 Å². The molecule has 2 N–H and O–H groups in total. The Morgan fingerprint density at radius 3 is 1.56 bits per heavy atom. The Balaban J connectivity index is 1.74. The predicted molar refractivity (Wildman–Crippen MR) is 141 cm³/mol. The summed E-state index contributed by atoms with van der Waals surface area (Å²) in [6.45, 7) is 11.7. The van der Waals surface area contributed by atoms with Crippen molar-refractivity contribution in [2.45, 2.75) is 56.5 Å². The second-order valence-electron chi connectivity index (χ2n) is 10.7. The van der Waals surface area contributed by atoms with E-state index in [1.54, 1.807) is 0 Å². The minimum Gasteiger partial charge on any atom is -0.415 e. The number of nitrogens with one attached hydrogen (secondary N) is 2. The molecule has 3 aromatic rings. The summed E-state index contributed by atoms with van der Waals surface area (Å²) in [7, 11) is -1.93. The second-order valence-corrected chi connectivity index (χ2v) is 15.5. The molecule has 5 heteroatoms. The van der Waals surface area contributed by atoms with Crippen molar-refractivity contribution >= 4 is 14.2 Å². The van der Waals surface area contributed by atoms with Crippen LogP contribution in [0.25, 0.3) is 0 Å². The highest BCUT2D eigenvalue weighted by molar-refractivity contribution is 6.74. The van der Waals surface area contributed by atoms with Gasteiger partial charge in [-0.2, -0.15) is 0 Å². The average Bonchev–Trinajstić information content (AvgIpc) is 2.83. The molecular weight excluding hydrogens is 436 g/mol. The average molecular weight is 473 g/mol. The first-order valence-corrected chi connectivity index (χ1v) is 14.9. The zero-order valence-electron chi connectivity index (χ0n) is 20.8. The van der Waals surface area contributed by atoms with Gasteiger partial charge in [-0.3, -0.25) is 10.1 Å². The molecule has 0 saturated carbocycles. The van der Waals surface area contributed by atoms with Crippen LogP contribution >= 0.6 is 0 Å². The van der Waals surface area contributed by atoms with Gasteiger partial charge in [-0.25, -0.2) is 0 Å². The van der Waals surface area contributed by atoms with Crippen LogP contribution in [0.3, 0.4) is 0 Å². The highest BCUT2D eigenvalue weighted by atomic mass is 28.4. The summed E-state index contributed by atoms with van der Waals surface area (Å²) in [5.41, 5.74) is 2.60. The summed E-state index contributed by atoms with van der Waals surface area (Å²) >= 11 is 0. The SMILES string of the molecule is CC(C)(C)[Si](C)(C)OC[C@H]1NC(=O)[C@H]1NC(c1ccccc1)(c1ccccc1)c1ccccc1. The molecule has 0 unspecified atom stereocenters. The van der Waals surface area contributed by atoms with Gasteiger partial charge < -0.3 is 9.74 Å². The van der Waals surface area contributed by atoms with Crippen LogP contribution in [0.4, 0.5) is 0 Å². The Morgan fingerprint density at radius 2 is 1.21 bits per heavy atom. The fourth-order valence-electron chi connectivity index (χ4n) is 4.31. The van der Waals surface area contributed by atoms with Gasteiger partial charge in [0.25, 0.3) is 0 Å². The fraction of sp³-hybridized carbons (Fsp3) is 0.345. The topological polar surface area (TPSA) is 50.4 Å². The second kappa shape index (κ2) is 9.49. The highest BCUT2D eigenvalue weighted by Crippen LogP contribution is 2.39. The number of β-lactam (4-membered cyclic amide) rings is 1. The molecular formula is C29H36N2O2Si. The van der Waals surface area contributed by atoms with E-state index in [1.807, 2.05) is 18.2 Å². The molecule has 1 fully saturated rings. The number of amides is 1. The van der Waals surface area contributed by atoms with Crippen molar-refractivity contribution in [1.82, 2.24) is 10.6 Å². The molecule has 1 aliphatic rings. The van der Waals surface area contributed by atoms with Crippen molar-refractivity contribution in [3.05, 3.63) is 108 Å². The molecule has 0 aliphatic carbocycles. The number of hydrogen-bond donors (Lipinski definition) is 2. The normalized spacial score (nSPS) is 18.8. The molecule has 178 valence electrons. The van der Waals surface area contributed by atoms with Crippen molar-refractivity contribution in [1.29, 1.82) is 0 Å². The van der Waals surface area contributed by atoms with E-state index in [9.17, 15) is 4.79 Å². The summed E-state index contributed by atoms with van der Waals surface area (Å²) in [4.78, 5) is 12.9. The predicted octanol–water partition coefficient (Wildman–Crippen LogP) is 5.46. The molecule has 4 nitrogen and oxygen atoms in total. The van der Waals surface area contributed by atoms with Crippen molar-refractivity contribution < 1.29 is 9.22 Å². The van der Waals surface area contributed by atoms with Crippen LogP contribution in [-0.2, 0) is 14.8 Å². The molecule has 4 rings (SSSR count). The Morgan fingerprint density at radius 1 is 0.794 bits per heavy atom. The summed E-state index contributed by atoms with van der Waals surface area (Å²) in [5, 5.41) is 7.02. The molecule has 1 aliphatic heterocycles. The van der Waals surface area contributed by atoms with E-state index < -0.39 is 13.9 Å². The van der Waals surface area contributed by atoms with E-state index in [4.69, 9.17) is 4.43 Å². The Kier molecular flexibility index (Phi) is 6.81. The number of hydrogen-bond acceptors (Lipinski definition) is 3. The number of carbonyl (C=O) groups is 1. The van der Waals surface area contributed by atoms with Gasteiger partial charge in [0.15, 0.2) is 8.32 Å². The Bertz CT molecular complexity index is 999. The third-order valence-corrected chi connectivity index (χ3v) is 11.9. The van der Waals surface area contributed by atoms with Crippen LogP contribution in [-0.4, -0.2) is 32.9 Å². The molecule has 0 radical (unpaired) electrons. The maximum absolute atomic E-state index is 12.9. The van der Waals surface area contributed by atoms with Crippen molar-refractivity contribution in [2.75, 3.05) is 6.61 Å². The van der Waals surface area contributed by atoms with Gasteiger partial charge in [0.1, 0.15) is 6.04 Å². The molecule has 1 saturated heterocycles. The lowest BCUT2D eigenvalue weighted by Gasteiger charge is -2.47. The first-order chi connectivity index (χ1) is 16.1.